The third-order valence-corrected chi connectivity index (χ3v) is 7.57. The smallest absolute Gasteiger partial charge is 0.261 e. The second-order valence-electron chi connectivity index (χ2n) is 8.37. The number of carbonyl (C=O) groups is 1. The Bertz CT molecular complexity index is 1280. The first kappa shape index (κ1) is 21.6. The highest BCUT2D eigenvalue weighted by Crippen LogP contribution is 2.41. The van der Waals surface area contributed by atoms with Gasteiger partial charge in [-0.1, -0.05) is 6.07 Å². The molecule has 0 aliphatic carbocycles. The van der Waals surface area contributed by atoms with Gasteiger partial charge in [0.25, 0.3) is 5.91 Å². The molecule has 2 N–H and O–H groups in total. The lowest BCUT2D eigenvalue weighted by Crippen LogP contribution is -2.42. The van der Waals surface area contributed by atoms with E-state index < -0.39 is 11.6 Å². The van der Waals surface area contributed by atoms with Crippen LogP contribution < -0.4 is 15.4 Å². The van der Waals surface area contributed by atoms with Gasteiger partial charge in [0.1, 0.15) is 11.9 Å². The average Bonchev–Trinajstić information content (AvgIpc) is 3.55. The Hall–Kier alpha value is -3.28. The second-order valence-corrected chi connectivity index (χ2v) is 9.42. The molecule has 33 heavy (non-hydrogen) atoms. The van der Waals surface area contributed by atoms with Crippen LogP contribution in [0.4, 0.5) is 8.78 Å². The van der Waals surface area contributed by atoms with Crippen molar-refractivity contribution in [2.24, 2.45) is 0 Å². The fourth-order valence-electron chi connectivity index (χ4n) is 4.74. The average molecular weight is 466 g/mol. The Morgan fingerprint density at radius 3 is 2.58 bits per heavy atom. The topological polar surface area (TPSA) is 74.2 Å². The molecule has 8 heteroatoms. The van der Waals surface area contributed by atoms with E-state index >= 15 is 0 Å². The van der Waals surface area contributed by atoms with Crippen molar-refractivity contribution in [3.05, 3.63) is 64.5 Å². The maximum absolute atomic E-state index is 14.5. The highest BCUT2D eigenvalue weighted by molar-refractivity contribution is 7.18. The van der Waals surface area contributed by atoms with Crippen LogP contribution in [0.15, 0.2) is 42.5 Å². The van der Waals surface area contributed by atoms with Crippen LogP contribution in [-0.2, 0) is 0 Å². The minimum absolute atomic E-state index is 0.0622. The molecule has 2 aliphatic rings. The monoisotopic (exact) mass is 465 g/mol. The van der Waals surface area contributed by atoms with E-state index in [0.29, 0.717) is 38.5 Å². The quantitative estimate of drug-likeness (QED) is 0.564. The first-order valence-electron chi connectivity index (χ1n) is 10.7. The van der Waals surface area contributed by atoms with Crippen molar-refractivity contribution in [3.63, 3.8) is 0 Å². The van der Waals surface area contributed by atoms with Crippen molar-refractivity contribution in [3.8, 4) is 33.4 Å². The summed E-state index contributed by atoms with van der Waals surface area (Å²) in [5.41, 5.74) is 1.60. The maximum atomic E-state index is 14.5. The van der Waals surface area contributed by atoms with Gasteiger partial charge in [0.2, 0.25) is 0 Å². The summed E-state index contributed by atoms with van der Waals surface area (Å²) in [4.78, 5) is 14.2. The molecule has 1 aromatic heterocycles. The standard InChI is InChI=1S/C25H21F2N3O2S/c1-32-22-7-4-14(9-19(22)27)24-17(13-2-3-15(12-28)18(26)8-13)11-23(33-24)25(31)30-21-10-16-5-6-20(21)29-16/h2-4,7-9,11,16,20-21,29H,5-6,10H2,1H3,(H,30,31). The van der Waals surface area contributed by atoms with Gasteiger partial charge in [0.05, 0.1) is 17.6 Å². The summed E-state index contributed by atoms with van der Waals surface area (Å²) in [6, 6.07) is 13.2. The van der Waals surface area contributed by atoms with Crippen molar-refractivity contribution >= 4 is 17.2 Å². The molecule has 0 saturated carbocycles. The maximum Gasteiger partial charge on any atom is 0.261 e. The largest absolute Gasteiger partial charge is 0.494 e. The molecule has 3 aromatic rings. The van der Waals surface area contributed by atoms with Gasteiger partial charge in [-0.25, -0.2) is 8.78 Å². The molecule has 2 fully saturated rings. The molecule has 3 atom stereocenters. The van der Waals surface area contributed by atoms with Crippen molar-refractivity contribution in [2.45, 2.75) is 37.4 Å². The van der Waals surface area contributed by atoms with Gasteiger partial charge in [-0.05, 0) is 66.8 Å². The van der Waals surface area contributed by atoms with Crippen molar-refractivity contribution in [1.29, 1.82) is 5.26 Å². The minimum Gasteiger partial charge on any atom is -0.494 e. The summed E-state index contributed by atoms with van der Waals surface area (Å²) in [6.45, 7) is 0. The number of thiophene rings is 1. The zero-order valence-electron chi connectivity index (χ0n) is 17.8. The Kier molecular flexibility index (Phi) is 5.60. The number of carbonyl (C=O) groups excluding carboxylic acids is 1. The van der Waals surface area contributed by atoms with Crippen LogP contribution in [0.5, 0.6) is 5.75 Å². The normalized spacial score (nSPS) is 21.1. The van der Waals surface area contributed by atoms with E-state index in [9.17, 15) is 13.6 Å². The Labute approximate surface area is 194 Å². The van der Waals surface area contributed by atoms with E-state index in [1.54, 1.807) is 18.2 Å². The second kappa shape index (κ2) is 8.58. The van der Waals surface area contributed by atoms with Crippen LogP contribution in [0.3, 0.4) is 0 Å². The number of fused-ring (bicyclic) bond motifs is 2. The Balaban J connectivity index is 1.54. The molecule has 3 heterocycles. The zero-order valence-corrected chi connectivity index (χ0v) is 18.6. The van der Waals surface area contributed by atoms with Crippen LogP contribution >= 0.6 is 11.3 Å². The van der Waals surface area contributed by atoms with Gasteiger partial charge in [-0.2, -0.15) is 5.26 Å². The lowest BCUT2D eigenvalue weighted by Gasteiger charge is -2.21. The molecule has 2 saturated heterocycles. The highest BCUT2D eigenvalue weighted by atomic mass is 32.1. The van der Waals surface area contributed by atoms with Crippen molar-refractivity contribution in [2.75, 3.05) is 7.11 Å². The molecular formula is C25H21F2N3O2S. The number of methoxy groups -OCH3 is 1. The van der Waals surface area contributed by atoms with Crippen molar-refractivity contribution < 1.29 is 18.3 Å². The van der Waals surface area contributed by atoms with E-state index in [1.165, 1.54) is 42.7 Å². The molecule has 1 amide bonds. The number of hydrogen-bond acceptors (Lipinski definition) is 5. The van der Waals surface area contributed by atoms with E-state index in [-0.39, 0.29) is 23.3 Å². The summed E-state index contributed by atoms with van der Waals surface area (Å²) >= 11 is 1.23. The van der Waals surface area contributed by atoms with Gasteiger partial charge < -0.3 is 15.4 Å². The molecule has 5 nitrogen and oxygen atoms in total. The number of halogens is 2. The predicted molar refractivity (Wildman–Crippen MR) is 122 cm³/mol. The molecule has 2 aliphatic heterocycles. The van der Waals surface area contributed by atoms with Crippen LogP contribution in [0.25, 0.3) is 21.6 Å². The van der Waals surface area contributed by atoms with Crippen LogP contribution in [0.1, 0.15) is 34.5 Å². The fraction of sp³-hybridized carbons (Fsp3) is 0.280. The minimum atomic E-state index is -0.646. The molecular weight excluding hydrogens is 444 g/mol. The molecule has 2 bridgehead atoms. The Morgan fingerprint density at radius 1 is 1.15 bits per heavy atom. The lowest BCUT2D eigenvalue weighted by molar-refractivity contribution is 0.0935. The third-order valence-electron chi connectivity index (χ3n) is 6.39. The SMILES string of the molecule is COc1ccc(-c2sc(C(=O)NC3CC4CCC3N4)cc2-c2ccc(C#N)c(F)c2)cc1F. The number of ether oxygens (including phenoxy) is 1. The number of hydrogen-bond donors (Lipinski definition) is 2. The van der Waals surface area contributed by atoms with Crippen LogP contribution in [0.2, 0.25) is 0 Å². The first-order chi connectivity index (χ1) is 16.0. The summed E-state index contributed by atoms with van der Waals surface area (Å²) in [7, 11) is 1.39. The Morgan fingerprint density at radius 2 is 1.94 bits per heavy atom. The molecule has 5 rings (SSSR count). The molecule has 3 unspecified atom stereocenters. The lowest BCUT2D eigenvalue weighted by atomic mass is 9.95. The predicted octanol–water partition coefficient (Wildman–Crippen LogP) is 4.86. The van der Waals surface area contributed by atoms with Gasteiger partial charge in [-0.3, -0.25) is 4.79 Å². The summed E-state index contributed by atoms with van der Waals surface area (Å²) in [5, 5.41) is 15.7. The van der Waals surface area contributed by atoms with E-state index in [4.69, 9.17) is 10.00 Å². The van der Waals surface area contributed by atoms with E-state index in [2.05, 4.69) is 10.6 Å². The molecule has 2 aromatic carbocycles. The van der Waals surface area contributed by atoms with Gasteiger partial charge in [0.15, 0.2) is 11.6 Å². The summed E-state index contributed by atoms with van der Waals surface area (Å²) in [6.07, 6.45) is 3.09. The number of rotatable bonds is 5. The summed E-state index contributed by atoms with van der Waals surface area (Å²) < 4.78 is 33.8. The zero-order chi connectivity index (χ0) is 23.1. The molecule has 0 radical (unpaired) electrons. The number of nitrogens with zero attached hydrogens (tertiary/aromatic N) is 1. The summed E-state index contributed by atoms with van der Waals surface area (Å²) in [5.74, 6) is -1.26. The fourth-order valence-corrected chi connectivity index (χ4v) is 5.82. The third kappa shape index (κ3) is 3.99. The van der Waals surface area contributed by atoms with Gasteiger partial charge in [-0.15, -0.1) is 11.3 Å². The number of amides is 1. The van der Waals surface area contributed by atoms with E-state index in [1.807, 2.05) is 6.07 Å². The van der Waals surface area contributed by atoms with Crippen molar-refractivity contribution in [1.82, 2.24) is 10.6 Å². The number of nitrogens with one attached hydrogen (secondary N) is 2. The van der Waals surface area contributed by atoms with Crippen LogP contribution in [-0.4, -0.2) is 31.1 Å². The molecule has 168 valence electrons. The van der Waals surface area contributed by atoms with E-state index in [0.717, 1.165) is 19.3 Å². The van der Waals surface area contributed by atoms with Gasteiger partial charge >= 0.3 is 0 Å². The first-order valence-corrected chi connectivity index (χ1v) is 11.5. The molecule has 0 spiro atoms. The van der Waals surface area contributed by atoms with Gasteiger partial charge in [0, 0.05) is 28.6 Å². The number of benzene rings is 2. The highest BCUT2D eigenvalue weighted by Gasteiger charge is 2.40. The van der Waals surface area contributed by atoms with Crippen LogP contribution in [0, 0.1) is 23.0 Å². The number of nitriles is 1.